The summed E-state index contributed by atoms with van der Waals surface area (Å²) in [5, 5.41) is 6.19. The highest BCUT2D eigenvalue weighted by molar-refractivity contribution is 5.93. The molecule has 26 heavy (non-hydrogen) atoms. The van der Waals surface area contributed by atoms with E-state index in [1.54, 1.807) is 18.5 Å². The van der Waals surface area contributed by atoms with Gasteiger partial charge in [-0.1, -0.05) is 36.4 Å². The molecule has 0 unspecified atom stereocenters. The number of aryl methyl sites for hydroxylation is 1. The zero-order valence-corrected chi connectivity index (χ0v) is 14.6. The van der Waals surface area contributed by atoms with Crippen molar-refractivity contribution in [1.82, 2.24) is 15.3 Å². The average Bonchev–Trinajstić information content (AvgIpc) is 2.71. The van der Waals surface area contributed by atoms with E-state index in [2.05, 4.69) is 44.9 Å². The highest BCUT2D eigenvalue weighted by atomic mass is 16.1. The number of rotatable bonds is 8. The maximum atomic E-state index is 12.3. The molecule has 5 nitrogen and oxygen atoms in total. The number of anilines is 1. The van der Waals surface area contributed by atoms with E-state index >= 15 is 0 Å². The van der Waals surface area contributed by atoms with E-state index in [-0.39, 0.29) is 5.91 Å². The topological polar surface area (TPSA) is 66.9 Å². The molecule has 132 valence electrons. The number of hydrogen-bond acceptors (Lipinski definition) is 4. The van der Waals surface area contributed by atoms with Gasteiger partial charge in [0, 0.05) is 24.6 Å². The van der Waals surface area contributed by atoms with E-state index in [9.17, 15) is 4.79 Å². The van der Waals surface area contributed by atoms with Crippen molar-refractivity contribution in [2.45, 2.75) is 19.4 Å². The van der Waals surface area contributed by atoms with Crippen LogP contribution in [0.3, 0.4) is 0 Å². The minimum Gasteiger partial charge on any atom is -0.385 e. The van der Waals surface area contributed by atoms with Crippen LogP contribution in [-0.4, -0.2) is 22.4 Å². The molecule has 2 aromatic heterocycles. The van der Waals surface area contributed by atoms with Crippen LogP contribution in [0.5, 0.6) is 0 Å². The highest BCUT2D eigenvalue weighted by Crippen LogP contribution is 2.09. The number of benzene rings is 1. The number of nitrogens with one attached hydrogen (secondary N) is 2. The van der Waals surface area contributed by atoms with Crippen LogP contribution in [0, 0.1) is 0 Å². The minimum atomic E-state index is -0.205. The van der Waals surface area contributed by atoms with Gasteiger partial charge in [0.25, 0.3) is 5.91 Å². The first-order chi connectivity index (χ1) is 12.8. The maximum absolute atomic E-state index is 12.3. The molecule has 0 bridgehead atoms. The van der Waals surface area contributed by atoms with Gasteiger partial charge in [-0.25, -0.2) is 0 Å². The van der Waals surface area contributed by atoms with Crippen molar-refractivity contribution in [1.29, 1.82) is 0 Å². The van der Waals surface area contributed by atoms with E-state index in [4.69, 9.17) is 0 Å². The van der Waals surface area contributed by atoms with Crippen LogP contribution in [-0.2, 0) is 13.0 Å². The molecule has 5 heteroatoms. The van der Waals surface area contributed by atoms with Gasteiger partial charge >= 0.3 is 0 Å². The van der Waals surface area contributed by atoms with Gasteiger partial charge in [0.1, 0.15) is 5.69 Å². The molecule has 2 heterocycles. The van der Waals surface area contributed by atoms with E-state index in [1.165, 1.54) is 5.56 Å². The smallest absolute Gasteiger partial charge is 0.270 e. The normalized spacial score (nSPS) is 10.3. The van der Waals surface area contributed by atoms with Crippen molar-refractivity contribution >= 4 is 11.6 Å². The second-order valence-electron chi connectivity index (χ2n) is 5.95. The Balaban J connectivity index is 1.47. The molecule has 0 radical (unpaired) electrons. The van der Waals surface area contributed by atoms with Crippen LogP contribution >= 0.6 is 0 Å². The lowest BCUT2D eigenvalue weighted by Gasteiger charge is -2.08. The molecular weight excluding hydrogens is 324 g/mol. The van der Waals surface area contributed by atoms with Crippen molar-refractivity contribution in [2.24, 2.45) is 0 Å². The summed E-state index contributed by atoms with van der Waals surface area (Å²) < 4.78 is 0. The van der Waals surface area contributed by atoms with Crippen molar-refractivity contribution in [3.63, 3.8) is 0 Å². The molecule has 3 rings (SSSR count). The Bertz CT molecular complexity index is 822. The van der Waals surface area contributed by atoms with Gasteiger partial charge in [-0.2, -0.15) is 0 Å². The molecular formula is C21H22N4O. The molecule has 0 fully saturated rings. The molecule has 0 atom stereocenters. The van der Waals surface area contributed by atoms with Gasteiger partial charge in [0.2, 0.25) is 0 Å². The van der Waals surface area contributed by atoms with Gasteiger partial charge in [-0.15, -0.1) is 0 Å². The first kappa shape index (κ1) is 17.6. The number of pyridine rings is 2. The third-order valence-corrected chi connectivity index (χ3v) is 3.96. The van der Waals surface area contributed by atoms with Crippen LogP contribution in [0.2, 0.25) is 0 Å². The van der Waals surface area contributed by atoms with Gasteiger partial charge in [0.05, 0.1) is 12.2 Å². The Morgan fingerprint density at radius 1 is 0.923 bits per heavy atom. The van der Waals surface area contributed by atoms with E-state index < -0.39 is 0 Å². The maximum Gasteiger partial charge on any atom is 0.270 e. The van der Waals surface area contributed by atoms with Crippen molar-refractivity contribution in [3.05, 3.63) is 90.0 Å². The summed E-state index contributed by atoms with van der Waals surface area (Å²) in [5.41, 5.74) is 3.44. The average molecular weight is 346 g/mol. The highest BCUT2D eigenvalue weighted by Gasteiger charge is 2.08. The third-order valence-electron chi connectivity index (χ3n) is 3.96. The monoisotopic (exact) mass is 346 g/mol. The number of amides is 1. The fourth-order valence-electron chi connectivity index (χ4n) is 2.60. The molecule has 1 aromatic carbocycles. The fraction of sp³-hybridized carbons (Fsp3) is 0.190. The predicted molar refractivity (Wildman–Crippen MR) is 103 cm³/mol. The van der Waals surface area contributed by atoms with Crippen LogP contribution in [0.25, 0.3) is 0 Å². The Morgan fingerprint density at radius 2 is 1.77 bits per heavy atom. The van der Waals surface area contributed by atoms with E-state index in [0.29, 0.717) is 12.2 Å². The van der Waals surface area contributed by atoms with Crippen LogP contribution in [0.15, 0.2) is 73.1 Å². The quantitative estimate of drug-likeness (QED) is 0.613. The first-order valence-electron chi connectivity index (χ1n) is 8.73. The predicted octanol–water partition coefficient (Wildman–Crippen LogP) is 3.45. The SMILES string of the molecule is O=C(NCc1ccccn1)c1cc(NCCCc2ccccc2)ccn1. The molecule has 3 aromatic rings. The lowest BCUT2D eigenvalue weighted by molar-refractivity contribution is 0.0945. The van der Waals surface area contributed by atoms with Gasteiger partial charge in [-0.3, -0.25) is 14.8 Å². The van der Waals surface area contributed by atoms with E-state index in [1.807, 2.05) is 30.3 Å². The second-order valence-corrected chi connectivity index (χ2v) is 5.95. The zero-order chi connectivity index (χ0) is 18.0. The number of carbonyl (C=O) groups is 1. The number of carbonyl (C=O) groups excluding carboxylic acids is 1. The molecule has 0 aliphatic heterocycles. The summed E-state index contributed by atoms with van der Waals surface area (Å²) in [4.78, 5) is 20.6. The van der Waals surface area contributed by atoms with Gasteiger partial charge in [0.15, 0.2) is 0 Å². The molecule has 0 aliphatic carbocycles. The number of nitrogens with zero attached hydrogens (tertiary/aromatic N) is 2. The lowest BCUT2D eigenvalue weighted by Crippen LogP contribution is -2.24. The lowest BCUT2D eigenvalue weighted by atomic mass is 10.1. The standard InChI is InChI=1S/C21H22N4O/c26-21(25-16-19-10-4-5-12-23-19)20-15-18(11-14-24-20)22-13-6-9-17-7-2-1-3-8-17/h1-5,7-8,10-12,14-15H,6,9,13,16H2,(H,22,24)(H,25,26). The van der Waals surface area contributed by atoms with Crippen LogP contribution in [0.4, 0.5) is 5.69 Å². The minimum absolute atomic E-state index is 0.205. The van der Waals surface area contributed by atoms with Gasteiger partial charge in [-0.05, 0) is 42.7 Å². The molecule has 0 saturated heterocycles. The largest absolute Gasteiger partial charge is 0.385 e. The number of aromatic nitrogens is 2. The van der Waals surface area contributed by atoms with E-state index in [0.717, 1.165) is 30.8 Å². The van der Waals surface area contributed by atoms with Gasteiger partial charge < -0.3 is 10.6 Å². The summed E-state index contributed by atoms with van der Waals surface area (Å²) in [5.74, 6) is -0.205. The molecule has 2 N–H and O–H groups in total. The molecule has 0 aliphatic rings. The summed E-state index contributed by atoms with van der Waals surface area (Å²) in [7, 11) is 0. The summed E-state index contributed by atoms with van der Waals surface area (Å²) in [6, 6.07) is 19.7. The van der Waals surface area contributed by atoms with Crippen molar-refractivity contribution in [3.8, 4) is 0 Å². The Morgan fingerprint density at radius 3 is 2.58 bits per heavy atom. The molecule has 1 amide bonds. The van der Waals surface area contributed by atoms with Crippen LogP contribution in [0.1, 0.15) is 28.2 Å². The summed E-state index contributed by atoms with van der Waals surface area (Å²) in [6.07, 6.45) is 5.40. The zero-order valence-electron chi connectivity index (χ0n) is 14.6. The molecule has 0 spiro atoms. The van der Waals surface area contributed by atoms with Crippen LogP contribution < -0.4 is 10.6 Å². The summed E-state index contributed by atoms with van der Waals surface area (Å²) in [6.45, 7) is 1.23. The molecule has 0 saturated carbocycles. The number of hydrogen-bond donors (Lipinski definition) is 2. The second kappa shape index (κ2) is 9.32. The Hall–Kier alpha value is -3.21. The van der Waals surface area contributed by atoms with Crippen molar-refractivity contribution < 1.29 is 4.79 Å². The fourth-order valence-corrected chi connectivity index (χ4v) is 2.60. The third kappa shape index (κ3) is 5.41. The van der Waals surface area contributed by atoms with Crippen molar-refractivity contribution in [2.75, 3.05) is 11.9 Å². The summed E-state index contributed by atoms with van der Waals surface area (Å²) >= 11 is 0. The Labute approximate surface area is 153 Å². The first-order valence-corrected chi connectivity index (χ1v) is 8.73. The Kier molecular flexibility index (Phi) is 6.31.